The van der Waals surface area contributed by atoms with E-state index in [-0.39, 0.29) is 34.4 Å². The van der Waals surface area contributed by atoms with E-state index >= 15 is 0 Å². The Bertz CT molecular complexity index is 1060. The Morgan fingerprint density at radius 3 is 1.54 bits per heavy atom. The third kappa shape index (κ3) is 7.03. The lowest BCUT2D eigenvalue weighted by Crippen LogP contribution is -2.40. The molecular weight excluding hydrogens is 490 g/mol. The molecule has 1 atom stereocenters. The molecule has 1 aromatic rings. The third-order valence-corrected chi connectivity index (χ3v) is 5.88. The van der Waals surface area contributed by atoms with Crippen LogP contribution in [0.3, 0.4) is 0 Å². The van der Waals surface area contributed by atoms with Gasteiger partial charge in [0.05, 0.1) is 40.5 Å². The SMILES string of the molecule is [B]Cc1c(C(=O)OC(CS(=O)(=O)O)C(F)(F)F)c(C[B])c(N(C)C(C)=O)c(C[B])c1N(C)C(C)=O. The summed E-state index contributed by atoms with van der Waals surface area (Å²) >= 11 is 0. The molecule has 0 spiro atoms. The van der Waals surface area contributed by atoms with Crippen molar-refractivity contribution in [2.24, 2.45) is 0 Å². The molecule has 1 N–H and O–H groups in total. The van der Waals surface area contributed by atoms with Crippen LogP contribution in [-0.2, 0) is 43.4 Å². The van der Waals surface area contributed by atoms with E-state index in [1.54, 1.807) is 0 Å². The molecule has 0 saturated carbocycles. The molecule has 6 radical (unpaired) electrons. The minimum Gasteiger partial charge on any atom is -0.448 e. The number of anilines is 2. The van der Waals surface area contributed by atoms with Crippen LogP contribution in [0.2, 0.25) is 0 Å². The molecule has 16 heteroatoms. The predicted molar refractivity (Wildman–Crippen MR) is 125 cm³/mol. The van der Waals surface area contributed by atoms with Crippen molar-refractivity contribution in [3.8, 4) is 0 Å². The average molecular weight is 512 g/mol. The minimum absolute atomic E-state index is 0.0481. The number of benzene rings is 1. The maximum atomic E-state index is 13.4. The number of hydrogen-bond donors (Lipinski definition) is 1. The molecule has 0 aliphatic rings. The van der Waals surface area contributed by atoms with E-state index in [0.29, 0.717) is 0 Å². The molecule has 0 aliphatic carbocycles. The van der Waals surface area contributed by atoms with Gasteiger partial charge in [0, 0.05) is 27.9 Å². The molecule has 0 aliphatic heterocycles. The Morgan fingerprint density at radius 2 is 1.29 bits per heavy atom. The maximum Gasteiger partial charge on any atom is 0.426 e. The molecule has 0 fully saturated rings. The van der Waals surface area contributed by atoms with Gasteiger partial charge in [-0.2, -0.15) is 21.6 Å². The second-order valence-electron chi connectivity index (χ2n) is 7.46. The fraction of sp³-hybridized carbons (Fsp3) is 0.526. The van der Waals surface area contributed by atoms with Crippen LogP contribution in [0.1, 0.15) is 40.9 Å². The van der Waals surface area contributed by atoms with E-state index < -0.39 is 64.1 Å². The van der Waals surface area contributed by atoms with Crippen LogP contribution in [0.4, 0.5) is 24.5 Å². The molecule has 0 aromatic heterocycles. The second kappa shape index (κ2) is 11.5. The number of carbonyl (C=O) groups is 3. The lowest BCUT2D eigenvalue weighted by molar-refractivity contribution is -0.197. The standard InChI is InChI=1S/C19H22B3F3N2O7S/c1-9(28)26(3)16-11(5-20)15(12(6-21)17(13(16)7-22)27(4)10(2)29)18(30)34-14(19(23,24)25)8-35(31,32)33/h14H,5-8H2,1-4H3,(H,31,32,33). The van der Waals surface area contributed by atoms with E-state index in [4.69, 9.17) is 28.1 Å². The number of amides is 2. The number of esters is 1. The first kappa shape index (κ1) is 30.6. The smallest absolute Gasteiger partial charge is 0.426 e. The summed E-state index contributed by atoms with van der Waals surface area (Å²) in [4.78, 5) is 39.5. The van der Waals surface area contributed by atoms with Crippen LogP contribution in [0, 0.1) is 0 Å². The van der Waals surface area contributed by atoms with Gasteiger partial charge >= 0.3 is 12.1 Å². The summed E-state index contributed by atoms with van der Waals surface area (Å²) in [6, 6.07) is 0. The normalized spacial score (nSPS) is 12.7. The highest BCUT2D eigenvalue weighted by Crippen LogP contribution is 2.41. The molecule has 0 saturated heterocycles. The summed E-state index contributed by atoms with van der Waals surface area (Å²) in [7, 11) is 14.9. The van der Waals surface area contributed by atoms with Gasteiger partial charge in [0.15, 0.2) is 0 Å². The van der Waals surface area contributed by atoms with E-state index in [2.05, 4.69) is 4.74 Å². The van der Waals surface area contributed by atoms with Gasteiger partial charge in [0.25, 0.3) is 10.1 Å². The van der Waals surface area contributed by atoms with Gasteiger partial charge in [-0.25, -0.2) is 4.79 Å². The molecule has 1 unspecified atom stereocenters. The summed E-state index contributed by atoms with van der Waals surface area (Å²) in [5, 5.41) is 0. The van der Waals surface area contributed by atoms with Crippen molar-refractivity contribution in [3.63, 3.8) is 0 Å². The highest BCUT2D eigenvalue weighted by Gasteiger charge is 2.46. The van der Waals surface area contributed by atoms with Gasteiger partial charge in [0.2, 0.25) is 17.9 Å². The largest absolute Gasteiger partial charge is 0.448 e. The van der Waals surface area contributed by atoms with Crippen LogP contribution in [0.25, 0.3) is 0 Å². The van der Waals surface area contributed by atoms with Crippen molar-refractivity contribution in [1.29, 1.82) is 0 Å². The molecular formula is C19H22B3F3N2O7S. The first-order chi connectivity index (χ1) is 15.9. The lowest BCUT2D eigenvalue weighted by atomic mass is 9.78. The van der Waals surface area contributed by atoms with E-state index in [0.717, 1.165) is 23.6 Å². The third-order valence-electron chi connectivity index (χ3n) is 5.16. The Labute approximate surface area is 205 Å². The van der Waals surface area contributed by atoms with Crippen molar-refractivity contribution in [3.05, 3.63) is 22.3 Å². The first-order valence-corrected chi connectivity index (χ1v) is 11.6. The van der Waals surface area contributed by atoms with E-state index in [1.807, 2.05) is 0 Å². The van der Waals surface area contributed by atoms with Gasteiger partial charge in [-0.3, -0.25) is 14.1 Å². The number of rotatable bonds is 9. The van der Waals surface area contributed by atoms with Crippen LogP contribution >= 0.6 is 0 Å². The molecule has 186 valence electrons. The Hall–Kier alpha value is -2.48. The average Bonchev–Trinajstić information content (AvgIpc) is 2.73. The number of ether oxygens (including phenoxy) is 1. The maximum absolute atomic E-state index is 13.4. The van der Waals surface area contributed by atoms with Crippen LogP contribution in [-0.4, -0.2) is 86.4 Å². The van der Waals surface area contributed by atoms with E-state index in [1.165, 1.54) is 14.1 Å². The minimum atomic E-state index is -5.37. The first-order valence-electron chi connectivity index (χ1n) is 9.94. The summed E-state index contributed by atoms with van der Waals surface area (Å²) in [6.07, 6.45) is -9.90. The zero-order valence-corrected chi connectivity index (χ0v) is 20.3. The molecule has 0 bridgehead atoms. The van der Waals surface area contributed by atoms with Gasteiger partial charge in [-0.1, -0.05) is 19.0 Å². The van der Waals surface area contributed by atoms with Crippen molar-refractivity contribution in [2.75, 3.05) is 29.6 Å². The van der Waals surface area contributed by atoms with Crippen LogP contribution < -0.4 is 9.80 Å². The number of hydrogen-bond acceptors (Lipinski definition) is 6. The Balaban J connectivity index is 4.10. The van der Waals surface area contributed by atoms with Crippen LogP contribution in [0.5, 0.6) is 0 Å². The molecule has 0 heterocycles. The second-order valence-corrected chi connectivity index (χ2v) is 8.96. The fourth-order valence-electron chi connectivity index (χ4n) is 3.43. The van der Waals surface area contributed by atoms with Crippen molar-refractivity contribution >= 4 is 62.8 Å². The van der Waals surface area contributed by atoms with Gasteiger partial charge < -0.3 is 14.5 Å². The quantitative estimate of drug-likeness (QED) is 0.293. The number of carbonyl (C=O) groups excluding carboxylic acids is 3. The zero-order chi connectivity index (χ0) is 27.5. The summed E-state index contributed by atoms with van der Waals surface area (Å²) in [5.41, 5.74) is -0.864. The molecule has 1 rings (SSSR count). The molecule has 35 heavy (non-hydrogen) atoms. The lowest BCUT2D eigenvalue weighted by Gasteiger charge is -2.32. The van der Waals surface area contributed by atoms with Crippen molar-refractivity contribution in [1.82, 2.24) is 0 Å². The number of halogens is 3. The Kier molecular flexibility index (Phi) is 10.0. The number of alkyl halides is 3. The van der Waals surface area contributed by atoms with Gasteiger partial charge in [-0.15, -0.1) is 0 Å². The molecule has 2 amide bonds. The summed E-state index contributed by atoms with van der Waals surface area (Å²) < 4.78 is 75.8. The molecule has 1 aromatic carbocycles. The summed E-state index contributed by atoms with van der Waals surface area (Å²) in [5.74, 6) is -4.77. The fourth-order valence-corrected chi connectivity index (χ4v) is 4.07. The Morgan fingerprint density at radius 1 is 0.914 bits per heavy atom. The van der Waals surface area contributed by atoms with Crippen molar-refractivity contribution in [2.45, 2.75) is 45.1 Å². The van der Waals surface area contributed by atoms with Crippen molar-refractivity contribution < 1.29 is 45.3 Å². The summed E-state index contributed by atoms with van der Waals surface area (Å²) in [6.45, 7) is 2.32. The topological polar surface area (TPSA) is 121 Å². The van der Waals surface area contributed by atoms with Gasteiger partial charge in [-0.05, 0) is 16.7 Å². The predicted octanol–water partition coefficient (Wildman–Crippen LogP) is 0.633. The van der Waals surface area contributed by atoms with E-state index in [9.17, 15) is 36.0 Å². The van der Waals surface area contributed by atoms with Crippen LogP contribution in [0.15, 0.2) is 0 Å². The highest BCUT2D eigenvalue weighted by molar-refractivity contribution is 7.85. The highest BCUT2D eigenvalue weighted by atomic mass is 32.2. The van der Waals surface area contributed by atoms with Gasteiger partial charge in [0.1, 0.15) is 5.75 Å². The zero-order valence-electron chi connectivity index (χ0n) is 19.5. The number of nitrogens with zero attached hydrogens (tertiary/aromatic N) is 2. The monoisotopic (exact) mass is 512 g/mol. The molecule has 9 nitrogen and oxygen atoms in total.